The van der Waals surface area contributed by atoms with Crippen LogP contribution in [-0.4, -0.2) is 60.6 Å². The van der Waals surface area contributed by atoms with Crippen molar-refractivity contribution in [1.29, 1.82) is 0 Å². The van der Waals surface area contributed by atoms with Gasteiger partial charge in [0.05, 0.1) is 18.5 Å². The molecule has 0 bridgehead atoms. The monoisotopic (exact) mass is 464 g/mol. The maximum absolute atomic E-state index is 12.1. The quantitative estimate of drug-likeness (QED) is 0.403. The van der Waals surface area contributed by atoms with Crippen LogP contribution in [0.2, 0.25) is 0 Å². The van der Waals surface area contributed by atoms with Gasteiger partial charge in [0.25, 0.3) is 0 Å². The number of imidazole rings is 1. The highest BCUT2D eigenvalue weighted by Crippen LogP contribution is 2.41. The van der Waals surface area contributed by atoms with Crippen molar-refractivity contribution < 1.29 is 38.3 Å². The second-order valence-electron chi connectivity index (χ2n) is 7.12. The zero-order valence-corrected chi connectivity index (χ0v) is 17.5. The summed E-state index contributed by atoms with van der Waals surface area (Å²) in [6.07, 6.45) is -2.89. The maximum atomic E-state index is 12.1. The Kier molecular flexibility index (Phi) is 5.95. The van der Waals surface area contributed by atoms with E-state index >= 15 is 0 Å². The van der Waals surface area contributed by atoms with Gasteiger partial charge >= 0.3 is 13.8 Å². The van der Waals surface area contributed by atoms with Crippen LogP contribution in [0.4, 0.5) is 5.82 Å². The van der Waals surface area contributed by atoms with E-state index in [0.717, 1.165) is 5.56 Å². The first-order chi connectivity index (χ1) is 15.2. The summed E-state index contributed by atoms with van der Waals surface area (Å²) in [5, 5.41) is 20.7. The van der Waals surface area contributed by atoms with Crippen LogP contribution in [0, 0.1) is 6.92 Å². The Morgan fingerprint density at radius 2 is 1.97 bits per heavy atom. The summed E-state index contributed by atoms with van der Waals surface area (Å²) in [4.78, 5) is 36.0. The third-order valence-electron chi connectivity index (χ3n) is 4.88. The molecule has 1 aliphatic rings. The molecule has 4 rings (SSSR count). The summed E-state index contributed by atoms with van der Waals surface area (Å²) in [5.74, 6) is -0.999. The van der Waals surface area contributed by atoms with Crippen LogP contribution < -0.4 is 10.6 Å². The van der Waals surface area contributed by atoms with Crippen molar-refractivity contribution in [3.63, 3.8) is 0 Å². The fraction of sp³-hybridized carbons (Fsp3) is 0.333. The number of hydrogen-bond donors (Lipinski definition) is 3. The Labute approximate surface area is 181 Å². The zero-order chi connectivity index (χ0) is 23.0. The molecule has 0 saturated carbocycles. The molecular formula is C18H19N5O8P-. The molecule has 0 amide bonds. The number of phosphoric ester groups is 1. The molecule has 14 heteroatoms. The molecule has 2 aromatic heterocycles. The number of aromatic nitrogens is 4. The molecule has 1 aliphatic heterocycles. The van der Waals surface area contributed by atoms with Crippen LogP contribution in [0.25, 0.3) is 11.2 Å². The van der Waals surface area contributed by atoms with Gasteiger partial charge in [0.2, 0.25) is 0 Å². The summed E-state index contributed by atoms with van der Waals surface area (Å²) in [6.45, 7) is 1.10. The molecule has 32 heavy (non-hydrogen) atoms. The topological polar surface area (TPSA) is 195 Å². The highest BCUT2D eigenvalue weighted by Gasteiger charge is 2.45. The lowest BCUT2D eigenvalue weighted by atomic mass is 10.1. The number of carbonyl (C=O) groups excluding carboxylic acids is 1. The Morgan fingerprint density at radius 1 is 1.25 bits per heavy atom. The molecule has 0 aliphatic carbocycles. The van der Waals surface area contributed by atoms with E-state index in [1.165, 1.54) is 29.4 Å². The van der Waals surface area contributed by atoms with E-state index in [1.807, 2.05) is 0 Å². The third kappa shape index (κ3) is 4.35. The van der Waals surface area contributed by atoms with Gasteiger partial charge in [0.15, 0.2) is 17.7 Å². The van der Waals surface area contributed by atoms with E-state index < -0.39 is 44.9 Å². The second kappa shape index (κ2) is 8.54. The lowest BCUT2D eigenvalue weighted by Crippen LogP contribution is -2.34. The van der Waals surface area contributed by atoms with E-state index in [9.17, 15) is 24.5 Å². The van der Waals surface area contributed by atoms with Crippen molar-refractivity contribution in [1.82, 2.24) is 19.5 Å². The summed E-state index contributed by atoms with van der Waals surface area (Å²) in [6, 6.07) is 6.06. The highest BCUT2D eigenvalue weighted by molar-refractivity contribution is 7.46. The number of benzene rings is 1. The minimum atomic E-state index is -5.08. The van der Waals surface area contributed by atoms with E-state index in [0.29, 0.717) is 0 Å². The fourth-order valence-corrected chi connectivity index (χ4v) is 3.88. The number of nitrogen functional groups attached to an aromatic ring is 1. The number of rotatable bonds is 6. The minimum Gasteiger partial charge on any atom is -0.746 e. The molecular weight excluding hydrogens is 445 g/mol. The summed E-state index contributed by atoms with van der Waals surface area (Å²) in [7, 11) is -5.08. The molecule has 0 spiro atoms. The van der Waals surface area contributed by atoms with Gasteiger partial charge in [-0.1, -0.05) is 17.7 Å². The molecule has 1 unspecified atom stereocenters. The maximum Gasteiger partial charge on any atom is 0.343 e. The minimum absolute atomic E-state index is 0.0242. The smallest absolute Gasteiger partial charge is 0.343 e. The van der Waals surface area contributed by atoms with E-state index in [2.05, 4.69) is 19.5 Å². The second-order valence-corrected chi connectivity index (χ2v) is 8.45. The van der Waals surface area contributed by atoms with Gasteiger partial charge in [-0.25, -0.2) is 19.7 Å². The van der Waals surface area contributed by atoms with Crippen molar-refractivity contribution in [2.75, 3.05) is 12.3 Å². The molecule has 0 radical (unpaired) electrons. The number of carbonyl (C=O) groups is 1. The Hall–Kier alpha value is -2.93. The first kappa shape index (κ1) is 22.3. The predicted octanol–water partition coefficient (Wildman–Crippen LogP) is -0.322. The molecule has 5 atom stereocenters. The highest BCUT2D eigenvalue weighted by atomic mass is 31.2. The molecule has 3 heterocycles. The van der Waals surface area contributed by atoms with Crippen LogP contribution >= 0.6 is 7.82 Å². The molecule has 4 N–H and O–H groups in total. The van der Waals surface area contributed by atoms with Crippen LogP contribution in [0.3, 0.4) is 0 Å². The Bertz CT molecular complexity index is 1190. The lowest BCUT2D eigenvalue weighted by molar-refractivity contribution is -0.222. The van der Waals surface area contributed by atoms with Crippen molar-refractivity contribution in [2.24, 2.45) is 0 Å². The number of nitrogens with zero attached hydrogens (tertiary/aromatic N) is 4. The summed E-state index contributed by atoms with van der Waals surface area (Å²) >= 11 is 0. The van der Waals surface area contributed by atoms with E-state index in [1.54, 1.807) is 19.1 Å². The predicted molar refractivity (Wildman–Crippen MR) is 106 cm³/mol. The van der Waals surface area contributed by atoms with Crippen molar-refractivity contribution >= 4 is 30.8 Å². The van der Waals surface area contributed by atoms with Gasteiger partial charge in [-0.3, -0.25) is 9.13 Å². The van der Waals surface area contributed by atoms with Gasteiger partial charge in [-0.15, -0.1) is 0 Å². The molecule has 13 nitrogen and oxygen atoms in total. The van der Waals surface area contributed by atoms with Crippen LogP contribution in [0.5, 0.6) is 0 Å². The summed E-state index contributed by atoms with van der Waals surface area (Å²) in [5.41, 5.74) is 7.15. The summed E-state index contributed by atoms with van der Waals surface area (Å²) < 4.78 is 28.1. The number of aliphatic hydroxyl groups excluding tert-OH is 2. The number of nitrogens with two attached hydrogens (primary N) is 1. The van der Waals surface area contributed by atoms with Crippen molar-refractivity contribution in [3.8, 4) is 0 Å². The average Bonchev–Trinajstić information content (AvgIpc) is 3.29. The normalized spacial score (nSPS) is 25.0. The number of phosphoric acid groups is 1. The number of aryl methyl sites for hydroxylation is 1. The number of fused-ring (bicyclic) bond motifs is 1. The largest absolute Gasteiger partial charge is 0.746 e. The molecule has 1 fully saturated rings. The third-order valence-corrected chi connectivity index (χ3v) is 5.73. The Balaban J connectivity index is 1.42. The van der Waals surface area contributed by atoms with Crippen LogP contribution in [0.1, 0.15) is 22.1 Å². The van der Waals surface area contributed by atoms with Crippen molar-refractivity contribution in [2.45, 2.75) is 31.5 Å². The van der Waals surface area contributed by atoms with E-state index in [-0.39, 0.29) is 22.5 Å². The SMILES string of the molecule is Cc1ccc(C(=O)OP(=O)([O-])OC[C@H]2O[C@@H](n3cnc4c(N)ncnc43)[C@H](O)[C@@H]2O)cc1. The van der Waals surface area contributed by atoms with Crippen molar-refractivity contribution in [3.05, 3.63) is 48.0 Å². The first-order valence-electron chi connectivity index (χ1n) is 9.37. The molecule has 170 valence electrons. The van der Waals surface area contributed by atoms with E-state index in [4.69, 9.17) is 15.0 Å². The Morgan fingerprint density at radius 3 is 2.69 bits per heavy atom. The lowest BCUT2D eigenvalue weighted by Gasteiger charge is -2.24. The average molecular weight is 464 g/mol. The number of hydrogen-bond acceptors (Lipinski definition) is 12. The first-order valence-corrected chi connectivity index (χ1v) is 10.8. The van der Waals surface area contributed by atoms with Gasteiger partial charge in [-0.05, 0) is 19.1 Å². The zero-order valence-electron chi connectivity index (χ0n) is 16.6. The van der Waals surface area contributed by atoms with Gasteiger partial charge in [-0.2, -0.15) is 0 Å². The van der Waals surface area contributed by atoms with Gasteiger partial charge in [0.1, 0.15) is 30.2 Å². The molecule has 1 aromatic carbocycles. The van der Waals surface area contributed by atoms with Gasteiger partial charge in [0, 0.05) is 0 Å². The number of ether oxygens (including phenoxy) is 1. The number of anilines is 1. The van der Waals surface area contributed by atoms with Crippen LogP contribution in [-0.2, 0) is 18.3 Å². The van der Waals surface area contributed by atoms with Gasteiger partial charge < -0.3 is 34.6 Å². The fourth-order valence-electron chi connectivity index (χ4n) is 3.19. The molecule has 1 saturated heterocycles. The number of aliphatic hydroxyl groups is 2. The molecule has 3 aromatic rings. The standard InChI is InChI=1S/C18H20N5O8P/c1-9-2-4-10(5-3-9)18(26)31-32(27,28)29-6-11-13(24)14(25)17(30-11)23-8-22-12-15(19)20-7-21-16(12)23/h2-5,7-8,11,13-14,17,24-25H,6H2,1H3,(H,27,28)(H2,19,20,21)/p-1/t11-,13-,14-,17-/m1/s1. The van der Waals surface area contributed by atoms with Crippen LogP contribution in [0.15, 0.2) is 36.9 Å².